The summed E-state index contributed by atoms with van der Waals surface area (Å²) in [5.41, 5.74) is 0.887. The minimum Gasteiger partial charge on any atom is -0.318 e. The van der Waals surface area contributed by atoms with Gasteiger partial charge >= 0.3 is 0 Å². The number of anilines is 1. The number of halogens is 3. The molecule has 0 unspecified atom stereocenters. The van der Waals surface area contributed by atoms with Crippen LogP contribution in [0.3, 0.4) is 0 Å². The summed E-state index contributed by atoms with van der Waals surface area (Å²) in [5.74, 6) is -2.79. The number of imidazole rings is 1. The van der Waals surface area contributed by atoms with Crippen LogP contribution >= 0.6 is 0 Å². The van der Waals surface area contributed by atoms with Gasteiger partial charge in [0.1, 0.15) is 28.8 Å². The Hall–Kier alpha value is -2.83. The van der Waals surface area contributed by atoms with E-state index >= 15 is 0 Å². The zero-order chi connectivity index (χ0) is 17.3. The highest BCUT2D eigenvalue weighted by Gasteiger charge is 2.20. The normalized spacial score (nSPS) is 11.0. The second-order valence-electron chi connectivity index (χ2n) is 5.31. The first-order valence-corrected chi connectivity index (χ1v) is 7.42. The zero-order valence-electron chi connectivity index (χ0n) is 12.8. The number of aromatic nitrogens is 2. The van der Waals surface area contributed by atoms with Crippen LogP contribution in [0.4, 0.5) is 18.9 Å². The molecule has 1 N–H and O–H groups in total. The van der Waals surface area contributed by atoms with E-state index in [1.165, 1.54) is 16.5 Å². The lowest BCUT2D eigenvalue weighted by Crippen LogP contribution is -2.17. The molecule has 0 atom stereocenters. The Balaban J connectivity index is 2.04. The second kappa shape index (κ2) is 6.35. The monoisotopic (exact) mass is 333 g/mol. The first-order valence-electron chi connectivity index (χ1n) is 7.42. The van der Waals surface area contributed by atoms with Gasteiger partial charge in [0.2, 0.25) is 0 Å². The number of hydrogen-bond acceptors (Lipinski definition) is 2. The summed E-state index contributed by atoms with van der Waals surface area (Å²) in [5, 5.41) is 2.39. The molecule has 0 fully saturated rings. The highest BCUT2D eigenvalue weighted by Crippen LogP contribution is 2.20. The zero-order valence-corrected chi connectivity index (χ0v) is 12.8. The fraction of sp³-hybridized carbons (Fsp3) is 0.176. The SMILES string of the molecule is CCCc1nc2ccc(F)cn2c1C(=O)Nc1ccc(F)cc1F. The number of pyridine rings is 1. The molecule has 4 nitrogen and oxygen atoms in total. The van der Waals surface area contributed by atoms with Gasteiger partial charge in [-0.3, -0.25) is 9.20 Å². The lowest BCUT2D eigenvalue weighted by molar-refractivity contribution is 0.102. The van der Waals surface area contributed by atoms with Gasteiger partial charge in [0.25, 0.3) is 5.91 Å². The summed E-state index contributed by atoms with van der Waals surface area (Å²) in [6, 6.07) is 5.56. The first-order chi connectivity index (χ1) is 11.5. The Bertz CT molecular complexity index is 921. The van der Waals surface area contributed by atoms with Crippen LogP contribution in [-0.4, -0.2) is 15.3 Å². The third-order valence-electron chi connectivity index (χ3n) is 3.54. The number of nitrogens with one attached hydrogen (secondary N) is 1. The molecule has 24 heavy (non-hydrogen) atoms. The number of benzene rings is 1. The molecule has 0 saturated carbocycles. The van der Waals surface area contributed by atoms with E-state index in [1.54, 1.807) is 0 Å². The Morgan fingerprint density at radius 1 is 1.17 bits per heavy atom. The molecular weight excluding hydrogens is 319 g/mol. The summed E-state index contributed by atoms with van der Waals surface area (Å²) in [4.78, 5) is 16.9. The van der Waals surface area contributed by atoms with Crippen molar-refractivity contribution in [2.24, 2.45) is 0 Å². The van der Waals surface area contributed by atoms with Gasteiger partial charge in [0.05, 0.1) is 11.4 Å². The Morgan fingerprint density at radius 3 is 2.62 bits per heavy atom. The average Bonchev–Trinajstić information content (AvgIpc) is 2.87. The van der Waals surface area contributed by atoms with Crippen molar-refractivity contribution in [2.75, 3.05) is 5.32 Å². The molecule has 0 aliphatic rings. The van der Waals surface area contributed by atoms with Crippen molar-refractivity contribution in [3.8, 4) is 0 Å². The highest BCUT2D eigenvalue weighted by molar-refractivity contribution is 6.04. The molecule has 3 rings (SSSR count). The standard InChI is InChI=1S/C17H14F3N3O/c1-2-3-14-16(23-9-11(19)5-7-15(23)21-14)17(24)22-13-6-4-10(18)8-12(13)20/h4-9H,2-3H2,1H3,(H,22,24). The lowest BCUT2D eigenvalue weighted by atomic mass is 10.2. The number of carbonyl (C=O) groups is 1. The van der Waals surface area contributed by atoms with E-state index in [0.717, 1.165) is 24.8 Å². The molecule has 0 saturated heterocycles. The van der Waals surface area contributed by atoms with Crippen LogP contribution in [-0.2, 0) is 6.42 Å². The van der Waals surface area contributed by atoms with Crippen LogP contribution in [0.25, 0.3) is 5.65 Å². The molecule has 2 heterocycles. The van der Waals surface area contributed by atoms with Gasteiger partial charge in [0.15, 0.2) is 0 Å². The van der Waals surface area contributed by atoms with Crippen molar-refractivity contribution in [1.82, 2.24) is 9.38 Å². The van der Waals surface area contributed by atoms with Crippen LogP contribution in [0.2, 0.25) is 0 Å². The molecule has 2 aromatic heterocycles. The average molecular weight is 333 g/mol. The predicted molar refractivity (Wildman–Crippen MR) is 83.5 cm³/mol. The van der Waals surface area contributed by atoms with Crippen molar-refractivity contribution in [1.29, 1.82) is 0 Å². The number of aryl methyl sites for hydroxylation is 1. The van der Waals surface area contributed by atoms with Gasteiger partial charge in [-0.15, -0.1) is 0 Å². The fourth-order valence-corrected chi connectivity index (χ4v) is 2.49. The molecular formula is C17H14F3N3O. The third-order valence-corrected chi connectivity index (χ3v) is 3.54. The van der Waals surface area contributed by atoms with Crippen LogP contribution < -0.4 is 5.32 Å². The van der Waals surface area contributed by atoms with Crippen molar-refractivity contribution in [3.05, 3.63) is 65.4 Å². The van der Waals surface area contributed by atoms with E-state index in [4.69, 9.17) is 0 Å². The number of nitrogens with zero attached hydrogens (tertiary/aromatic N) is 2. The van der Waals surface area contributed by atoms with Crippen molar-refractivity contribution in [2.45, 2.75) is 19.8 Å². The van der Waals surface area contributed by atoms with Gasteiger partial charge in [0, 0.05) is 12.3 Å². The Kier molecular flexibility index (Phi) is 4.24. The minimum absolute atomic E-state index is 0.134. The Labute approximate surface area is 135 Å². The summed E-state index contributed by atoms with van der Waals surface area (Å²) >= 11 is 0. The summed E-state index contributed by atoms with van der Waals surface area (Å²) in [7, 11) is 0. The smallest absolute Gasteiger partial charge is 0.274 e. The van der Waals surface area contributed by atoms with Crippen molar-refractivity contribution >= 4 is 17.2 Å². The molecule has 3 aromatic rings. The molecule has 0 radical (unpaired) electrons. The first kappa shape index (κ1) is 16.0. The maximum Gasteiger partial charge on any atom is 0.274 e. The third kappa shape index (κ3) is 2.97. The fourth-order valence-electron chi connectivity index (χ4n) is 2.49. The molecule has 7 heteroatoms. The molecule has 1 amide bonds. The summed E-state index contributed by atoms with van der Waals surface area (Å²) in [6.45, 7) is 1.92. The summed E-state index contributed by atoms with van der Waals surface area (Å²) < 4.78 is 41.6. The van der Waals surface area contributed by atoms with Gasteiger partial charge in [-0.2, -0.15) is 0 Å². The molecule has 0 aliphatic heterocycles. The van der Waals surface area contributed by atoms with Crippen LogP contribution in [0, 0.1) is 17.5 Å². The predicted octanol–water partition coefficient (Wildman–Crippen LogP) is 3.96. The van der Waals surface area contributed by atoms with Crippen LogP contribution in [0.1, 0.15) is 29.5 Å². The van der Waals surface area contributed by atoms with Gasteiger partial charge < -0.3 is 5.32 Å². The molecule has 1 aromatic carbocycles. The maximum absolute atomic E-state index is 13.7. The minimum atomic E-state index is -0.889. The van der Waals surface area contributed by atoms with Crippen molar-refractivity contribution < 1.29 is 18.0 Å². The van der Waals surface area contributed by atoms with Crippen molar-refractivity contribution in [3.63, 3.8) is 0 Å². The highest BCUT2D eigenvalue weighted by atomic mass is 19.1. The van der Waals surface area contributed by atoms with E-state index in [9.17, 15) is 18.0 Å². The molecule has 0 aliphatic carbocycles. The van der Waals surface area contributed by atoms with E-state index < -0.39 is 23.4 Å². The number of rotatable bonds is 4. The number of hydrogen-bond donors (Lipinski definition) is 1. The topological polar surface area (TPSA) is 46.4 Å². The van der Waals surface area contributed by atoms with Crippen LogP contribution in [0.5, 0.6) is 0 Å². The number of carbonyl (C=O) groups excluding carboxylic acids is 1. The van der Waals surface area contributed by atoms with E-state index in [0.29, 0.717) is 23.8 Å². The second-order valence-corrected chi connectivity index (χ2v) is 5.31. The largest absolute Gasteiger partial charge is 0.318 e. The lowest BCUT2D eigenvalue weighted by Gasteiger charge is -2.08. The van der Waals surface area contributed by atoms with Crippen LogP contribution in [0.15, 0.2) is 36.5 Å². The summed E-state index contributed by atoms with van der Waals surface area (Å²) in [6.07, 6.45) is 2.40. The number of amides is 1. The van der Waals surface area contributed by atoms with E-state index in [1.807, 2.05) is 6.92 Å². The Morgan fingerprint density at radius 2 is 1.92 bits per heavy atom. The molecule has 0 bridgehead atoms. The van der Waals surface area contributed by atoms with Gasteiger partial charge in [-0.25, -0.2) is 18.2 Å². The maximum atomic E-state index is 13.7. The van der Waals surface area contributed by atoms with Gasteiger partial charge in [-0.1, -0.05) is 13.3 Å². The number of fused-ring (bicyclic) bond motifs is 1. The van der Waals surface area contributed by atoms with E-state index in [-0.39, 0.29) is 11.4 Å². The quantitative estimate of drug-likeness (QED) is 0.786. The molecule has 124 valence electrons. The van der Waals surface area contributed by atoms with Gasteiger partial charge in [-0.05, 0) is 30.7 Å². The molecule has 0 spiro atoms. The van der Waals surface area contributed by atoms with E-state index in [2.05, 4.69) is 10.3 Å².